The molecule has 0 N–H and O–H groups in total. The van der Waals surface area contributed by atoms with Crippen molar-refractivity contribution in [3.63, 3.8) is 0 Å². The zero-order valence-electron chi connectivity index (χ0n) is 7.09. The Kier molecular flexibility index (Phi) is 3.21. The second-order valence-corrected chi connectivity index (χ2v) is 5.80. The molecule has 2 aromatic heterocycles. The SMILES string of the molecule is O=C(c1cc(Cl)sc1Cl)c1occc1Br. The van der Waals surface area contributed by atoms with E-state index >= 15 is 0 Å². The van der Waals surface area contributed by atoms with Crippen LogP contribution in [0, 0.1) is 0 Å². The molecule has 15 heavy (non-hydrogen) atoms. The standard InChI is InChI=1S/C9H3BrCl2O2S/c10-5-1-2-14-8(5)7(13)4-3-6(11)15-9(4)12/h1-3H. The smallest absolute Gasteiger partial charge is 0.231 e. The number of rotatable bonds is 2. The van der Waals surface area contributed by atoms with Gasteiger partial charge >= 0.3 is 0 Å². The lowest BCUT2D eigenvalue weighted by atomic mass is 10.2. The molecule has 2 rings (SSSR count). The van der Waals surface area contributed by atoms with Crippen LogP contribution in [0.5, 0.6) is 0 Å². The second kappa shape index (κ2) is 4.29. The second-order valence-electron chi connectivity index (χ2n) is 2.66. The van der Waals surface area contributed by atoms with E-state index in [1.54, 1.807) is 6.07 Å². The Morgan fingerprint density at radius 3 is 2.67 bits per heavy atom. The molecule has 0 radical (unpaired) electrons. The fourth-order valence-corrected chi connectivity index (χ4v) is 2.91. The van der Waals surface area contributed by atoms with Gasteiger partial charge in [-0.3, -0.25) is 4.79 Å². The summed E-state index contributed by atoms with van der Waals surface area (Å²) in [7, 11) is 0. The summed E-state index contributed by atoms with van der Waals surface area (Å²) in [6, 6.07) is 3.18. The molecule has 0 atom stereocenters. The molecule has 0 saturated heterocycles. The Labute approximate surface area is 108 Å². The third-order valence-corrected chi connectivity index (χ3v) is 3.84. The minimum absolute atomic E-state index is 0.228. The highest BCUT2D eigenvalue weighted by Gasteiger charge is 2.20. The highest BCUT2D eigenvalue weighted by molar-refractivity contribution is 9.10. The van der Waals surface area contributed by atoms with E-state index in [9.17, 15) is 4.79 Å². The van der Waals surface area contributed by atoms with Crippen molar-refractivity contribution in [1.29, 1.82) is 0 Å². The van der Waals surface area contributed by atoms with Gasteiger partial charge in [0.05, 0.1) is 20.6 Å². The topological polar surface area (TPSA) is 30.2 Å². The summed E-state index contributed by atoms with van der Waals surface area (Å²) in [4.78, 5) is 11.9. The molecular weight excluding hydrogens is 323 g/mol. The Hall–Kier alpha value is -0.290. The van der Waals surface area contributed by atoms with Crippen LogP contribution in [-0.2, 0) is 0 Å². The van der Waals surface area contributed by atoms with Crippen molar-refractivity contribution in [3.05, 3.63) is 42.9 Å². The zero-order chi connectivity index (χ0) is 11.0. The summed E-state index contributed by atoms with van der Waals surface area (Å²) in [6.07, 6.45) is 1.43. The van der Waals surface area contributed by atoms with Gasteiger partial charge in [0.15, 0.2) is 5.76 Å². The number of ketones is 1. The van der Waals surface area contributed by atoms with Gasteiger partial charge < -0.3 is 4.42 Å². The summed E-state index contributed by atoms with van der Waals surface area (Å²) < 4.78 is 6.50. The van der Waals surface area contributed by atoms with Gasteiger partial charge in [0.2, 0.25) is 5.78 Å². The van der Waals surface area contributed by atoms with Crippen LogP contribution in [0.1, 0.15) is 16.1 Å². The summed E-state index contributed by atoms with van der Waals surface area (Å²) in [5, 5.41) is 0. The molecule has 0 unspecified atom stereocenters. The lowest BCUT2D eigenvalue weighted by Gasteiger charge is -1.94. The van der Waals surface area contributed by atoms with Crippen molar-refractivity contribution in [3.8, 4) is 0 Å². The molecule has 0 fully saturated rings. The lowest BCUT2D eigenvalue weighted by molar-refractivity contribution is 0.101. The maximum Gasteiger partial charge on any atom is 0.231 e. The fraction of sp³-hybridized carbons (Fsp3) is 0. The molecule has 0 aliphatic rings. The summed E-state index contributed by atoms with van der Waals surface area (Å²) in [5.74, 6) is -0.0496. The van der Waals surface area contributed by atoms with E-state index in [2.05, 4.69) is 15.9 Å². The molecule has 0 spiro atoms. The van der Waals surface area contributed by atoms with Crippen LogP contribution in [0.3, 0.4) is 0 Å². The minimum Gasteiger partial charge on any atom is -0.460 e. The minimum atomic E-state index is -0.278. The molecule has 0 aromatic carbocycles. The van der Waals surface area contributed by atoms with Crippen molar-refractivity contribution in [2.75, 3.05) is 0 Å². The monoisotopic (exact) mass is 324 g/mol. The number of carbonyl (C=O) groups excluding carboxylic acids is 1. The average Bonchev–Trinajstić information content (AvgIpc) is 2.71. The maximum atomic E-state index is 11.9. The van der Waals surface area contributed by atoms with Gasteiger partial charge in [0.1, 0.15) is 4.34 Å². The van der Waals surface area contributed by atoms with Crippen LogP contribution in [-0.4, -0.2) is 5.78 Å². The van der Waals surface area contributed by atoms with Gasteiger partial charge in [0.25, 0.3) is 0 Å². The molecule has 2 nitrogen and oxygen atoms in total. The number of carbonyl (C=O) groups is 1. The van der Waals surface area contributed by atoms with Gasteiger partial charge in [-0.05, 0) is 28.1 Å². The largest absolute Gasteiger partial charge is 0.460 e. The lowest BCUT2D eigenvalue weighted by Crippen LogP contribution is -1.98. The first kappa shape index (κ1) is 11.2. The van der Waals surface area contributed by atoms with Crippen LogP contribution >= 0.6 is 50.5 Å². The van der Waals surface area contributed by atoms with Gasteiger partial charge in [-0.15, -0.1) is 11.3 Å². The molecule has 0 aliphatic carbocycles. The molecule has 0 aliphatic heterocycles. The van der Waals surface area contributed by atoms with E-state index in [0.717, 1.165) is 11.3 Å². The average molecular weight is 326 g/mol. The third kappa shape index (κ3) is 2.13. The van der Waals surface area contributed by atoms with Crippen molar-refractivity contribution >= 4 is 56.3 Å². The van der Waals surface area contributed by atoms with Crippen molar-refractivity contribution in [2.45, 2.75) is 0 Å². The predicted molar refractivity (Wildman–Crippen MR) is 64.2 cm³/mol. The van der Waals surface area contributed by atoms with Gasteiger partial charge in [-0.1, -0.05) is 23.2 Å². The Morgan fingerprint density at radius 1 is 1.47 bits per heavy atom. The predicted octanol–water partition coefficient (Wildman–Crippen LogP) is 4.64. The van der Waals surface area contributed by atoms with E-state index in [-0.39, 0.29) is 11.5 Å². The molecule has 0 bridgehead atoms. The fourth-order valence-electron chi connectivity index (χ4n) is 1.07. The van der Waals surface area contributed by atoms with Crippen molar-refractivity contribution < 1.29 is 9.21 Å². The highest BCUT2D eigenvalue weighted by atomic mass is 79.9. The molecular formula is C9H3BrCl2O2S. The van der Waals surface area contributed by atoms with Crippen LogP contribution < -0.4 is 0 Å². The molecule has 78 valence electrons. The Balaban J connectivity index is 2.45. The quantitative estimate of drug-likeness (QED) is 0.753. The highest BCUT2D eigenvalue weighted by Crippen LogP contribution is 2.33. The van der Waals surface area contributed by atoms with Crippen molar-refractivity contribution in [1.82, 2.24) is 0 Å². The third-order valence-electron chi connectivity index (χ3n) is 1.72. The number of thiophene rings is 1. The van der Waals surface area contributed by atoms with E-state index < -0.39 is 0 Å². The van der Waals surface area contributed by atoms with Crippen molar-refractivity contribution in [2.24, 2.45) is 0 Å². The summed E-state index contributed by atoms with van der Waals surface area (Å²) >= 11 is 16.0. The van der Waals surface area contributed by atoms with Gasteiger partial charge in [-0.25, -0.2) is 0 Å². The number of halogens is 3. The van der Waals surface area contributed by atoms with Gasteiger partial charge in [-0.2, -0.15) is 0 Å². The van der Waals surface area contributed by atoms with Gasteiger partial charge in [0, 0.05) is 0 Å². The van der Waals surface area contributed by atoms with E-state index in [1.807, 2.05) is 0 Å². The van der Waals surface area contributed by atoms with Crippen LogP contribution in [0.2, 0.25) is 8.67 Å². The van der Waals surface area contributed by atoms with Crippen LogP contribution in [0.4, 0.5) is 0 Å². The van der Waals surface area contributed by atoms with Crippen LogP contribution in [0.25, 0.3) is 0 Å². The van der Waals surface area contributed by atoms with E-state index in [0.29, 0.717) is 18.7 Å². The first-order valence-corrected chi connectivity index (χ1v) is 6.18. The summed E-state index contributed by atoms with van der Waals surface area (Å²) in [6.45, 7) is 0. The number of furan rings is 1. The first-order chi connectivity index (χ1) is 7.09. The maximum absolute atomic E-state index is 11.9. The first-order valence-electron chi connectivity index (χ1n) is 3.82. The zero-order valence-corrected chi connectivity index (χ0v) is 11.0. The normalized spacial score (nSPS) is 10.6. The molecule has 2 heterocycles. The Bertz CT molecular complexity index is 518. The molecule has 0 amide bonds. The Morgan fingerprint density at radius 2 is 2.20 bits per heavy atom. The molecule has 0 saturated carbocycles. The van der Waals surface area contributed by atoms with E-state index in [4.69, 9.17) is 27.6 Å². The molecule has 6 heteroatoms. The van der Waals surface area contributed by atoms with Crippen LogP contribution in [0.15, 0.2) is 27.3 Å². The summed E-state index contributed by atoms with van der Waals surface area (Å²) in [5.41, 5.74) is 0.363. The van der Waals surface area contributed by atoms with E-state index in [1.165, 1.54) is 12.3 Å². The molecule has 2 aromatic rings. The number of hydrogen-bond acceptors (Lipinski definition) is 3. The number of hydrogen-bond donors (Lipinski definition) is 0.